The number of carbonyl (C=O) groups excluding carboxylic acids is 2. The van der Waals surface area contributed by atoms with Crippen molar-refractivity contribution in [2.24, 2.45) is 0 Å². The van der Waals surface area contributed by atoms with Gasteiger partial charge in [0.2, 0.25) is 5.91 Å². The van der Waals surface area contributed by atoms with E-state index in [-0.39, 0.29) is 0 Å². The highest BCUT2D eigenvalue weighted by atomic mass is 19.4. The van der Waals surface area contributed by atoms with Gasteiger partial charge in [-0.2, -0.15) is 13.2 Å². The van der Waals surface area contributed by atoms with Crippen molar-refractivity contribution in [2.75, 3.05) is 18.4 Å². The summed E-state index contributed by atoms with van der Waals surface area (Å²) in [6.45, 7) is 2.99. The minimum atomic E-state index is -4.65. The summed E-state index contributed by atoms with van der Waals surface area (Å²) in [7, 11) is 0. The summed E-state index contributed by atoms with van der Waals surface area (Å²) < 4.78 is 38.9. The Morgan fingerprint density at radius 2 is 1.78 bits per heavy atom. The molecular weight excluding hydrogens is 359 g/mol. The first-order valence-electron chi connectivity index (χ1n) is 8.35. The van der Waals surface area contributed by atoms with E-state index in [9.17, 15) is 22.8 Å². The Bertz CT molecular complexity index is 807. The Labute approximate surface area is 155 Å². The Kier molecular flexibility index (Phi) is 6.95. The minimum Gasteiger partial charge on any atom is -0.343 e. The summed E-state index contributed by atoms with van der Waals surface area (Å²) in [5.74, 6) is -1.49. The van der Waals surface area contributed by atoms with Crippen LogP contribution in [-0.4, -0.2) is 24.9 Å². The van der Waals surface area contributed by atoms with Crippen molar-refractivity contribution in [3.63, 3.8) is 0 Å². The Balaban J connectivity index is 1.95. The van der Waals surface area contributed by atoms with Crippen molar-refractivity contribution in [1.82, 2.24) is 10.6 Å². The molecule has 2 rings (SSSR count). The first kappa shape index (κ1) is 20.4. The van der Waals surface area contributed by atoms with E-state index in [0.717, 1.165) is 24.2 Å². The van der Waals surface area contributed by atoms with Crippen LogP contribution in [0.25, 0.3) is 0 Å². The lowest BCUT2D eigenvalue weighted by molar-refractivity contribution is -0.137. The Morgan fingerprint density at radius 3 is 2.48 bits per heavy atom. The molecule has 5 nitrogen and oxygen atoms in total. The zero-order valence-corrected chi connectivity index (χ0v) is 14.7. The standard InChI is InChI=1S/C19H20F3N3O2/c1-2-23-11-13-6-5-7-14(10-13)25-17(26)12-24-18(27)15-8-3-4-9-16(15)19(20,21)22/h3-10,23H,2,11-12H2,1H3,(H,24,27)(H,25,26). The highest BCUT2D eigenvalue weighted by Crippen LogP contribution is 2.31. The molecule has 0 radical (unpaired) electrons. The van der Waals surface area contributed by atoms with Crippen molar-refractivity contribution in [3.05, 3.63) is 65.2 Å². The number of benzene rings is 2. The van der Waals surface area contributed by atoms with Crippen LogP contribution in [0.4, 0.5) is 18.9 Å². The zero-order valence-electron chi connectivity index (χ0n) is 14.7. The summed E-state index contributed by atoms with van der Waals surface area (Å²) >= 11 is 0. The van der Waals surface area contributed by atoms with Crippen LogP contribution in [0.5, 0.6) is 0 Å². The van der Waals surface area contributed by atoms with E-state index < -0.39 is 35.7 Å². The quantitative estimate of drug-likeness (QED) is 0.692. The van der Waals surface area contributed by atoms with Crippen LogP contribution in [0.3, 0.4) is 0 Å². The number of carbonyl (C=O) groups is 2. The van der Waals surface area contributed by atoms with Gasteiger partial charge in [0, 0.05) is 12.2 Å². The molecule has 2 aromatic rings. The molecule has 2 amide bonds. The molecule has 0 aliphatic heterocycles. The number of anilines is 1. The van der Waals surface area contributed by atoms with Crippen LogP contribution in [-0.2, 0) is 17.5 Å². The molecule has 3 N–H and O–H groups in total. The summed E-state index contributed by atoms with van der Waals surface area (Å²) in [5, 5.41) is 7.98. The molecule has 0 spiro atoms. The Morgan fingerprint density at radius 1 is 1.04 bits per heavy atom. The summed E-state index contributed by atoms with van der Waals surface area (Å²) in [6, 6.07) is 11.6. The molecule has 0 saturated carbocycles. The van der Waals surface area contributed by atoms with Crippen molar-refractivity contribution in [1.29, 1.82) is 0 Å². The Hall–Kier alpha value is -2.87. The molecule has 0 aliphatic carbocycles. The van der Waals surface area contributed by atoms with Crippen molar-refractivity contribution in [2.45, 2.75) is 19.6 Å². The maximum absolute atomic E-state index is 13.0. The first-order chi connectivity index (χ1) is 12.8. The van der Waals surface area contributed by atoms with E-state index in [1.54, 1.807) is 18.2 Å². The highest BCUT2D eigenvalue weighted by Gasteiger charge is 2.34. The number of amides is 2. The molecule has 2 aromatic carbocycles. The molecule has 8 heteroatoms. The smallest absolute Gasteiger partial charge is 0.343 e. The zero-order chi connectivity index (χ0) is 19.9. The molecule has 0 atom stereocenters. The maximum Gasteiger partial charge on any atom is 0.417 e. The maximum atomic E-state index is 13.0. The van der Waals surface area contributed by atoms with Crippen LogP contribution in [0, 0.1) is 0 Å². The predicted octanol–water partition coefficient (Wildman–Crippen LogP) is 3.18. The monoisotopic (exact) mass is 379 g/mol. The van der Waals surface area contributed by atoms with E-state index >= 15 is 0 Å². The fourth-order valence-electron chi connectivity index (χ4n) is 2.42. The third kappa shape index (κ3) is 6.10. The van der Waals surface area contributed by atoms with Gasteiger partial charge in [-0.25, -0.2) is 0 Å². The molecular formula is C19H20F3N3O2. The fourth-order valence-corrected chi connectivity index (χ4v) is 2.42. The highest BCUT2D eigenvalue weighted by molar-refractivity contribution is 6.00. The van der Waals surface area contributed by atoms with Gasteiger partial charge >= 0.3 is 6.18 Å². The van der Waals surface area contributed by atoms with E-state index in [0.29, 0.717) is 12.2 Å². The molecule has 0 unspecified atom stereocenters. The average Bonchev–Trinajstić information content (AvgIpc) is 2.64. The van der Waals surface area contributed by atoms with Gasteiger partial charge in [0.15, 0.2) is 0 Å². The van der Waals surface area contributed by atoms with Crippen LogP contribution in [0.1, 0.15) is 28.4 Å². The number of alkyl halides is 3. The van der Waals surface area contributed by atoms with Crippen LogP contribution < -0.4 is 16.0 Å². The third-order valence-electron chi connectivity index (χ3n) is 3.68. The van der Waals surface area contributed by atoms with Crippen molar-refractivity contribution < 1.29 is 22.8 Å². The van der Waals surface area contributed by atoms with E-state index in [1.165, 1.54) is 12.1 Å². The third-order valence-corrected chi connectivity index (χ3v) is 3.68. The molecule has 0 heterocycles. The molecule has 0 aromatic heterocycles. The van der Waals surface area contributed by atoms with Gasteiger partial charge in [-0.1, -0.05) is 31.2 Å². The van der Waals surface area contributed by atoms with Crippen LogP contribution >= 0.6 is 0 Å². The molecule has 144 valence electrons. The molecule has 0 bridgehead atoms. The first-order valence-corrected chi connectivity index (χ1v) is 8.35. The normalized spacial score (nSPS) is 11.1. The molecule has 27 heavy (non-hydrogen) atoms. The fraction of sp³-hybridized carbons (Fsp3) is 0.263. The number of hydrogen-bond donors (Lipinski definition) is 3. The lowest BCUT2D eigenvalue weighted by Crippen LogP contribution is -2.34. The second kappa shape index (κ2) is 9.18. The van der Waals surface area contributed by atoms with Crippen LogP contribution in [0.15, 0.2) is 48.5 Å². The molecule has 0 aliphatic rings. The summed E-state index contributed by atoms with van der Waals surface area (Å²) in [6.07, 6.45) is -4.65. The number of rotatable bonds is 7. The van der Waals surface area contributed by atoms with E-state index in [4.69, 9.17) is 0 Å². The van der Waals surface area contributed by atoms with Crippen molar-refractivity contribution >= 4 is 17.5 Å². The van der Waals surface area contributed by atoms with Crippen molar-refractivity contribution in [3.8, 4) is 0 Å². The van der Waals surface area contributed by atoms with Gasteiger partial charge < -0.3 is 16.0 Å². The molecule has 0 fully saturated rings. The molecule has 0 saturated heterocycles. The van der Waals surface area contributed by atoms with Gasteiger partial charge in [-0.15, -0.1) is 0 Å². The topological polar surface area (TPSA) is 70.2 Å². The van der Waals surface area contributed by atoms with Gasteiger partial charge in [-0.05, 0) is 36.4 Å². The minimum absolute atomic E-state index is 0.442. The lowest BCUT2D eigenvalue weighted by Gasteiger charge is -2.13. The average molecular weight is 379 g/mol. The number of hydrogen-bond acceptors (Lipinski definition) is 3. The second-order valence-electron chi connectivity index (χ2n) is 5.75. The largest absolute Gasteiger partial charge is 0.417 e. The van der Waals surface area contributed by atoms with Crippen LogP contribution in [0.2, 0.25) is 0 Å². The van der Waals surface area contributed by atoms with E-state index in [2.05, 4.69) is 16.0 Å². The van der Waals surface area contributed by atoms with Gasteiger partial charge in [-0.3, -0.25) is 9.59 Å². The lowest BCUT2D eigenvalue weighted by atomic mass is 10.1. The summed E-state index contributed by atoms with van der Waals surface area (Å²) in [4.78, 5) is 24.0. The number of nitrogens with one attached hydrogen (secondary N) is 3. The SMILES string of the molecule is CCNCc1cccc(NC(=O)CNC(=O)c2ccccc2C(F)(F)F)c1. The number of halogens is 3. The van der Waals surface area contributed by atoms with Gasteiger partial charge in [0.25, 0.3) is 5.91 Å². The predicted molar refractivity (Wildman–Crippen MR) is 96.2 cm³/mol. The van der Waals surface area contributed by atoms with Gasteiger partial charge in [0.05, 0.1) is 17.7 Å². The van der Waals surface area contributed by atoms with Gasteiger partial charge in [0.1, 0.15) is 0 Å². The summed E-state index contributed by atoms with van der Waals surface area (Å²) in [5.41, 5.74) is -0.0531. The van der Waals surface area contributed by atoms with E-state index in [1.807, 2.05) is 13.0 Å². The second-order valence-corrected chi connectivity index (χ2v) is 5.75.